The summed E-state index contributed by atoms with van der Waals surface area (Å²) in [6, 6.07) is 0.259. The van der Waals surface area contributed by atoms with Crippen LogP contribution in [0.5, 0.6) is 0 Å². The fourth-order valence-corrected chi connectivity index (χ4v) is 1.60. The lowest BCUT2D eigenvalue weighted by Gasteiger charge is -2.23. The zero-order valence-corrected chi connectivity index (χ0v) is 9.58. The highest BCUT2D eigenvalue weighted by Crippen LogP contribution is 2.04. The number of hydrogen-bond acceptors (Lipinski definition) is 2. The molecule has 0 saturated carbocycles. The molecule has 0 fully saturated rings. The smallest absolute Gasteiger partial charge is 0.0170 e. The van der Waals surface area contributed by atoms with Crippen LogP contribution in [0.15, 0.2) is 25.3 Å². The molecule has 0 aliphatic heterocycles. The van der Waals surface area contributed by atoms with Crippen molar-refractivity contribution in [1.82, 2.24) is 4.90 Å². The normalized spacial score (nSPS) is 13.2. The van der Waals surface area contributed by atoms with Crippen molar-refractivity contribution in [3.8, 4) is 0 Å². The van der Waals surface area contributed by atoms with Crippen molar-refractivity contribution in [2.45, 2.75) is 26.3 Å². The second kappa shape index (κ2) is 7.77. The molecule has 0 aromatic heterocycles. The molecular formula is C12H24N2. The van der Waals surface area contributed by atoms with E-state index in [9.17, 15) is 0 Å². The summed E-state index contributed by atoms with van der Waals surface area (Å²) >= 11 is 0. The van der Waals surface area contributed by atoms with Crippen LogP contribution in [-0.2, 0) is 0 Å². The van der Waals surface area contributed by atoms with Crippen LogP contribution in [0.2, 0.25) is 0 Å². The zero-order valence-electron chi connectivity index (χ0n) is 9.58. The van der Waals surface area contributed by atoms with Gasteiger partial charge in [0.15, 0.2) is 0 Å². The largest absolute Gasteiger partial charge is 0.327 e. The summed E-state index contributed by atoms with van der Waals surface area (Å²) in [6.07, 6.45) is 4.89. The molecule has 0 rings (SSSR count). The first-order valence-electron chi connectivity index (χ1n) is 5.29. The van der Waals surface area contributed by atoms with E-state index in [0.717, 1.165) is 26.1 Å². The number of nitrogens with zero attached hydrogens (tertiary/aromatic N) is 1. The van der Waals surface area contributed by atoms with Gasteiger partial charge in [0, 0.05) is 25.7 Å². The predicted octanol–water partition coefficient (Wildman–Crippen LogP) is 2.03. The lowest BCUT2D eigenvalue weighted by molar-refractivity contribution is 0.293. The van der Waals surface area contributed by atoms with Crippen LogP contribution in [0.4, 0.5) is 0 Å². The second-order valence-electron chi connectivity index (χ2n) is 4.19. The van der Waals surface area contributed by atoms with Gasteiger partial charge in [-0.15, -0.1) is 13.2 Å². The quantitative estimate of drug-likeness (QED) is 0.602. The van der Waals surface area contributed by atoms with E-state index in [0.29, 0.717) is 5.92 Å². The Morgan fingerprint density at radius 1 is 1.21 bits per heavy atom. The molecule has 0 unspecified atom stereocenters. The highest BCUT2D eigenvalue weighted by Gasteiger charge is 2.09. The third-order valence-electron chi connectivity index (χ3n) is 2.04. The lowest BCUT2D eigenvalue weighted by atomic mass is 10.0. The minimum absolute atomic E-state index is 0.259. The number of nitrogens with two attached hydrogens (primary N) is 1. The topological polar surface area (TPSA) is 29.3 Å². The Balaban J connectivity index is 3.87. The first-order chi connectivity index (χ1) is 6.60. The molecule has 0 amide bonds. The molecule has 14 heavy (non-hydrogen) atoms. The maximum Gasteiger partial charge on any atom is 0.0170 e. The van der Waals surface area contributed by atoms with Gasteiger partial charge in [-0.25, -0.2) is 0 Å². The summed E-state index contributed by atoms with van der Waals surface area (Å²) in [5, 5.41) is 0. The van der Waals surface area contributed by atoms with Gasteiger partial charge in [0.05, 0.1) is 0 Å². The molecule has 0 aromatic carbocycles. The van der Waals surface area contributed by atoms with Gasteiger partial charge < -0.3 is 5.73 Å². The summed E-state index contributed by atoms with van der Waals surface area (Å²) < 4.78 is 0. The van der Waals surface area contributed by atoms with E-state index in [1.807, 2.05) is 12.2 Å². The molecule has 2 nitrogen and oxygen atoms in total. The van der Waals surface area contributed by atoms with E-state index >= 15 is 0 Å². The average Bonchev–Trinajstić information content (AvgIpc) is 2.03. The fourth-order valence-electron chi connectivity index (χ4n) is 1.60. The molecule has 0 bridgehead atoms. The summed E-state index contributed by atoms with van der Waals surface area (Å²) in [5.41, 5.74) is 6.03. The van der Waals surface area contributed by atoms with Crippen LogP contribution in [0, 0.1) is 5.92 Å². The van der Waals surface area contributed by atoms with Gasteiger partial charge in [-0.3, -0.25) is 4.90 Å². The number of hydrogen-bond donors (Lipinski definition) is 1. The van der Waals surface area contributed by atoms with E-state index in [1.165, 1.54) is 0 Å². The van der Waals surface area contributed by atoms with Gasteiger partial charge in [-0.2, -0.15) is 0 Å². The van der Waals surface area contributed by atoms with E-state index < -0.39 is 0 Å². The van der Waals surface area contributed by atoms with Gasteiger partial charge in [0.2, 0.25) is 0 Å². The van der Waals surface area contributed by atoms with E-state index in [-0.39, 0.29) is 6.04 Å². The van der Waals surface area contributed by atoms with Crippen molar-refractivity contribution in [1.29, 1.82) is 0 Å². The second-order valence-corrected chi connectivity index (χ2v) is 4.19. The van der Waals surface area contributed by atoms with Gasteiger partial charge in [-0.05, 0) is 12.3 Å². The Labute approximate surface area is 88.5 Å². The molecule has 2 heteroatoms. The fraction of sp³-hybridized carbons (Fsp3) is 0.667. The molecule has 0 aliphatic rings. The molecule has 1 atom stereocenters. The van der Waals surface area contributed by atoms with Gasteiger partial charge in [0.1, 0.15) is 0 Å². The van der Waals surface area contributed by atoms with Gasteiger partial charge >= 0.3 is 0 Å². The Hall–Kier alpha value is -0.600. The highest BCUT2D eigenvalue weighted by atomic mass is 15.1. The Morgan fingerprint density at radius 3 is 2.07 bits per heavy atom. The predicted molar refractivity (Wildman–Crippen MR) is 64.3 cm³/mol. The van der Waals surface area contributed by atoms with Gasteiger partial charge in [-0.1, -0.05) is 26.0 Å². The van der Waals surface area contributed by atoms with Crippen molar-refractivity contribution in [2.24, 2.45) is 11.7 Å². The van der Waals surface area contributed by atoms with Crippen molar-refractivity contribution in [3.05, 3.63) is 25.3 Å². The molecule has 0 radical (unpaired) electrons. The number of rotatable bonds is 8. The van der Waals surface area contributed by atoms with Crippen LogP contribution in [0.3, 0.4) is 0 Å². The van der Waals surface area contributed by atoms with Crippen LogP contribution in [-0.4, -0.2) is 30.6 Å². The Kier molecular flexibility index (Phi) is 7.44. The SMILES string of the molecule is C=CCN(CC=C)C[C@H](N)CC(C)C. The molecular weight excluding hydrogens is 172 g/mol. The van der Waals surface area contributed by atoms with E-state index in [1.54, 1.807) is 0 Å². The third kappa shape index (κ3) is 6.87. The molecule has 0 aromatic rings. The monoisotopic (exact) mass is 196 g/mol. The first-order valence-corrected chi connectivity index (χ1v) is 5.29. The Bertz CT molecular complexity index is 154. The van der Waals surface area contributed by atoms with Crippen molar-refractivity contribution in [3.63, 3.8) is 0 Å². The molecule has 0 heterocycles. The zero-order chi connectivity index (χ0) is 11.0. The summed E-state index contributed by atoms with van der Waals surface area (Å²) in [5.74, 6) is 0.666. The average molecular weight is 196 g/mol. The molecule has 0 saturated heterocycles. The summed E-state index contributed by atoms with van der Waals surface area (Å²) in [6.45, 7) is 14.6. The van der Waals surface area contributed by atoms with Crippen molar-refractivity contribution in [2.75, 3.05) is 19.6 Å². The minimum Gasteiger partial charge on any atom is -0.327 e. The van der Waals surface area contributed by atoms with Crippen molar-refractivity contribution < 1.29 is 0 Å². The first kappa shape index (κ1) is 13.4. The molecule has 82 valence electrons. The third-order valence-corrected chi connectivity index (χ3v) is 2.04. The van der Waals surface area contributed by atoms with Crippen LogP contribution in [0.25, 0.3) is 0 Å². The highest BCUT2D eigenvalue weighted by molar-refractivity contribution is 4.82. The van der Waals surface area contributed by atoms with E-state index in [2.05, 4.69) is 31.9 Å². The standard InChI is InChI=1S/C12H24N2/c1-5-7-14(8-6-2)10-12(13)9-11(3)4/h5-6,11-12H,1-2,7-10,13H2,3-4H3/t12-/m1/s1. The lowest BCUT2D eigenvalue weighted by Crippen LogP contribution is -2.38. The Morgan fingerprint density at radius 2 is 1.71 bits per heavy atom. The van der Waals surface area contributed by atoms with Crippen LogP contribution < -0.4 is 5.73 Å². The van der Waals surface area contributed by atoms with Crippen molar-refractivity contribution >= 4 is 0 Å². The summed E-state index contributed by atoms with van der Waals surface area (Å²) in [7, 11) is 0. The molecule has 0 spiro atoms. The van der Waals surface area contributed by atoms with Crippen LogP contribution >= 0.6 is 0 Å². The van der Waals surface area contributed by atoms with Crippen LogP contribution in [0.1, 0.15) is 20.3 Å². The van der Waals surface area contributed by atoms with Gasteiger partial charge in [0.25, 0.3) is 0 Å². The molecule has 0 aliphatic carbocycles. The maximum atomic E-state index is 6.03. The molecule has 2 N–H and O–H groups in total. The summed E-state index contributed by atoms with van der Waals surface area (Å²) in [4.78, 5) is 2.26. The maximum absolute atomic E-state index is 6.03. The minimum atomic E-state index is 0.259. The van der Waals surface area contributed by atoms with E-state index in [4.69, 9.17) is 5.73 Å².